The van der Waals surface area contributed by atoms with E-state index in [1.54, 1.807) is 4.90 Å². The van der Waals surface area contributed by atoms with Gasteiger partial charge in [-0.15, -0.1) is 0 Å². The predicted octanol–water partition coefficient (Wildman–Crippen LogP) is 2.26. The third kappa shape index (κ3) is 3.79. The van der Waals surface area contributed by atoms with Gasteiger partial charge in [0.1, 0.15) is 0 Å². The molecule has 0 unspecified atom stereocenters. The normalized spacial score (nSPS) is 19.8. The summed E-state index contributed by atoms with van der Waals surface area (Å²) in [5.41, 5.74) is 4.30. The van der Waals surface area contributed by atoms with Crippen molar-refractivity contribution < 1.29 is 9.59 Å². The summed E-state index contributed by atoms with van der Waals surface area (Å²) in [6, 6.07) is 10.2. The van der Waals surface area contributed by atoms with E-state index in [1.165, 1.54) is 18.4 Å². The molecule has 2 N–H and O–H groups in total. The van der Waals surface area contributed by atoms with Crippen molar-refractivity contribution in [2.75, 3.05) is 6.54 Å². The van der Waals surface area contributed by atoms with Gasteiger partial charge < -0.3 is 10.2 Å². The molecule has 1 saturated heterocycles. The molecule has 2 aromatic rings. The van der Waals surface area contributed by atoms with Gasteiger partial charge in [0.2, 0.25) is 11.8 Å². The van der Waals surface area contributed by atoms with E-state index in [-0.39, 0.29) is 24.2 Å². The molecule has 0 bridgehead atoms. The number of benzene rings is 1. The number of carbonyl (C=O) groups excluding carboxylic acids is 2. The molecule has 2 fully saturated rings. The number of rotatable bonds is 6. The second-order valence-corrected chi connectivity index (χ2v) is 7.47. The molecular formula is C20H24N4O2. The number of likely N-dealkylation sites (tertiary alicyclic amines) is 1. The first kappa shape index (κ1) is 16.8. The zero-order valence-corrected chi connectivity index (χ0v) is 15.0. The van der Waals surface area contributed by atoms with E-state index in [2.05, 4.69) is 15.5 Å². The predicted molar refractivity (Wildman–Crippen MR) is 97.1 cm³/mol. The van der Waals surface area contributed by atoms with E-state index in [0.717, 1.165) is 17.0 Å². The molecule has 2 amide bonds. The zero-order chi connectivity index (χ0) is 18.1. The van der Waals surface area contributed by atoms with E-state index in [4.69, 9.17) is 0 Å². The monoisotopic (exact) mass is 352 g/mol. The fourth-order valence-electron chi connectivity index (χ4n) is 3.40. The van der Waals surface area contributed by atoms with Gasteiger partial charge in [-0.1, -0.05) is 29.8 Å². The van der Waals surface area contributed by atoms with Crippen LogP contribution in [0.4, 0.5) is 0 Å². The van der Waals surface area contributed by atoms with Gasteiger partial charge in [0, 0.05) is 25.4 Å². The second-order valence-electron chi connectivity index (χ2n) is 7.47. The zero-order valence-electron chi connectivity index (χ0n) is 15.0. The van der Waals surface area contributed by atoms with Crippen LogP contribution < -0.4 is 5.32 Å². The van der Waals surface area contributed by atoms with E-state index in [9.17, 15) is 9.59 Å². The Labute approximate surface area is 153 Å². The molecule has 1 aromatic heterocycles. The van der Waals surface area contributed by atoms with Gasteiger partial charge in [-0.25, -0.2) is 0 Å². The lowest BCUT2D eigenvalue weighted by Gasteiger charge is -2.16. The van der Waals surface area contributed by atoms with Gasteiger partial charge >= 0.3 is 0 Å². The number of hydrogen-bond acceptors (Lipinski definition) is 3. The van der Waals surface area contributed by atoms with Gasteiger partial charge in [0.05, 0.1) is 23.9 Å². The van der Waals surface area contributed by atoms with Gasteiger partial charge in [-0.05, 0) is 31.4 Å². The SMILES string of the molecule is Cc1ccc(CN2C[C@H](C(=O)NCc3cc(C4CC4)n[nH]3)CC2=O)cc1. The summed E-state index contributed by atoms with van der Waals surface area (Å²) >= 11 is 0. The summed E-state index contributed by atoms with van der Waals surface area (Å²) in [6.45, 7) is 3.52. The van der Waals surface area contributed by atoms with Crippen LogP contribution in [0.15, 0.2) is 30.3 Å². The Balaban J connectivity index is 1.29. The summed E-state index contributed by atoms with van der Waals surface area (Å²) in [4.78, 5) is 26.5. The van der Waals surface area contributed by atoms with Crippen molar-refractivity contribution in [2.45, 2.75) is 45.2 Å². The topological polar surface area (TPSA) is 78.1 Å². The van der Waals surface area contributed by atoms with Gasteiger partial charge in [0.15, 0.2) is 0 Å². The minimum Gasteiger partial charge on any atom is -0.350 e. The fraction of sp³-hybridized carbons (Fsp3) is 0.450. The fourth-order valence-corrected chi connectivity index (χ4v) is 3.40. The van der Waals surface area contributed by atoms with Crippen molar-refractivity contribution in [3.8, 4) is 0 Å². The molecule has 1 aromatic carbocycles. The summed E-state index contributed by atoms with van der Waals surface area (Å²) in [7, 11) is 0. The molecule has 1 aliphatic heterocycles. The van der Waals surface area contributed by atoms with Crippen molar-refractivity contribution in [1.29, 1.82) is 0 Å². The minimum atomic E-state index is -0.279. The summed E-state index contributed by atoms with van der Waals surface area (Å²) < 4.78 is 0. The number of aromatic amines is 1. The molecule has 0 spiro atoms. The number of nitrogens with one attached hydrogen (secondary N) is 2. The molecule has 26 heavy (non-hydrogen) atoms. The first-order valence-corrected chi connectivity index (χ1v) is 9.23. The molecule has 1 aliphatic carbocycles. The number of H-pyrrole nitrogens is 1. The Morgan fingerprint density at radius 1 is 1.31 bits per heavy atom. The van der Waals surface area contributed by atoms with Crippen LogP contribution in [0.2, 0.25) is 0 Å². The highest BCUT2D eigenvalue weighted by Gasteiger charge is 2.34. The maximum atomic E-state index is 12.4. The van der Waals surface area contributed by atoms with Crippen molar-refractivity contribution in [1.82, 2.24) is 20.4 Å². The first-order chi connectivity index (χ1) is 12.6. The van der Waals surface area contributed by atoms with Gasteiger partial charge in [-0.2, -0.15) is 5.10 Å². The molecule has 6 nitrogen and oxygen atoms in total. The number of aromatic nitrogens is 2. The second kappa shape index (κ2) is 6.94. The lowest BCUT2D eigenvalue weighted by atomic mass is 10.1. The molecule has 1 atom stereocenters. The Kier molecular flexibility index (Phi) is 4.49. The average Bonchev–Trinajstić information content (AvgIpc) is 3.27. The summed E-state index contributed by atoms with van der Waals surface area (Å²) in [5, 5.41) is 10.2. The molecular weight excluding hydrogens is 328 g/mol. The van der Waals surface area contributed by atoms with Crippen LogP contribution in [0.5, 0.6) is 0 Å². The molecule has 4 rings (SSSR count). The number of carbonyl (C=O) groups is 2. The van der Waals surface area contributed by atoms with Crippen LogP contribution in [0.25, 0.3) is 0 Å². The highest BCUT2D eigenvalue weighted by molar-refractivity contribution is 5.89. The Hall–Kier alpha value is -2.63. The molecule has 0 radical (unpaired) electrons. The third-order valence-electron chi connectivity index (χ3n) is 5.18. The van der Waals surface area contributed by atoms with E-state index in [1.807, 2.05) is 37.3 Å². The Bertz CT molecular complexity index is 807. The summed E-state index contributed by atoms with van der Waals surface area (Å²) in [5.74, 6) is 0.299. The van der Waals surface area contributed by atoms with Crippen LogP contribution in [0.1, 0.15) is 47.7 Å². The van der Waals surface area contributed by atoms with Crippen molar-refractivity contribution >= 4 is 11.8 Å². The lowest BCUT2D eigenvalue weighted by Crippen LogP contribution is -2.32. The number of nitrogens with zero attached hydrogens (tertiary/aromatic N) is 2. The maximum absolute atomic E-state index is 12.4. The van der Waals surface area contributed by atoms with Gasteiger partial charge in [0.25, 0.3) is 0 Å². The Morgan fingerprint density at radius 3 is 2.81 bits per heavy atom. The molecule has 1 saturated carbocycles. The smallest absolute Gasteiger partial charge is 0.225 e. The Morgan fingerprint density at radius 2 is 2.08 bits per heavy atom. The van der Waals surface area contributed by atoms with E-state index < -0.39 is 0 Å². The van der Waals surface area contributed by atoms with Gasteiger partial charge in [-0.3, -0.25) is 14.7 Å². The van der Waals surface area contributed by atoms with E-state index >= 15 is 0 Å². The highest BCUT2D eigenvalue weighted by Crippen LogP contribution is 2.38. The number of aryl methyl sites for hydroxylation is 1. The number of amides is 2. The minimum absolute atomic E-state index is 0.0447. The largest absolute Gasteiger partial charge is 0.350 e. The van der Waals surface area contributed by atoms with Crippen molar-refractivity contribution in [3.63, 3.8) is 0 Å². The molecule has 136 valence electrons. The maximum Gasteiger partial charge on any atom is 0.225 e. The first-order valence-electron chi connectivity index (χ1n) is 9.23. The standard InChI is InChI=1S/C20H24N4O2/c1-13-2-4-14(5-3-13)11-24-12-16(8-19(24)25)20(26)21-10-17-9-18(23-22-17)15-6-7-15/h2-5,9,15-16H,6-8,10-12H2,1H3,(H,21,26)(H,22,23)/t16-/m1/s1. The summed E-state index contributed by atoms with van der Waals surface area (Å²) in [6.07, 6.45) is 2.70. The quantitative estimate of drug-likeness (QED) is 0.837. The van der Waals surface area contributed by atoms with Crippen molar-refractivity contribution in [3.05, 3.63) is 52.8 Å². The molecule has 6 heteroatoms. The molecule has 2 aliphatic rings. The lowest BCUT2D eigenvalue weighted by molar-refractivity contribution is -0.129. The molecule has 2 heterocycles. The average molecular weight is 352 g/mol. The van der Waals surface area contributed by atoms with Crippen LogP contribution in [0, 0.1) is 12.8 Å². The van der Waals surface area contributed by atoms with Crippen LogP contribution in [0.3, 0.4) is 0 Å². The third-order valence-corrected chi connectivity index (χ3v) is 5.18. The number of hydrogen-bond donors (Lipinski definition) is 2. The van der Waals surface area contributed by atoms with Crippen LogP contribution >= 0.6 is 0 Å². The van der Waals surface area contributed by atoms with Crippen molar-refractivity contribution in [2.24, 2.45) is 5.92 Å². The highest BCUT2D eigenvalue weighted by atomic mass is 16.2. The van der Waals surface area contributed by atoms with E-state index in [0.29, 0.717) is 25.6 Å². The van der Waals surface area contributed by atoms with Crippen LogP contribution in [-0.2, 0) is 22.7 Å². The van der Waals surface area contributed by atoms with Crippen LogP contribution in [-0.4, -0.2) is 33.5 Å².